The quantitative estimate of drug-likeness (QED) is 0.888. The van der Waals surface area contributed by atoms with Gasteiger partial charge >= 0.3 is 0 Å². The van der Waals surface area contributed by atoms with E-state index in [-0.39, 0.29) is 5.91 Å². The van der Waals surface area contributed by atoms with Crippen molar-refractivity contribution in [3.05, 3.63) is 28.1 Å². The highest BCUT2D eigenvalue weighted by Gasteiger charge is 2.34. The second-order valence-electron chi connectivity index (χ2n) is 5.04. The second-order valence-corrected chi connectivity index (χ2v) is 6.53. The lowest BCUT2D eigenvalue weighted by Crippen LogP contribution is -2.43. The Morgan fingerprint density at radius 2 is 2.14 bits per heavy atom. The summed E-state index contributed by atoms with van der Waals surface area (Å²) >= 11 is 7.26. The summed E-state index contributed by atoms with van der Waals surface area (Å²) in [7, 11) is 0. The fourth-order valence-electron chi connectivity index (χ4n) is 2.69. The Balaban J connectivity index is 2.02. The van der Waals surface area contributed by atoms with Gasteiger partial charge in [-0.2, -0.15) is 0 Å². The fraction of sp³-hybridized carbons (Fsp3) is 0.286. The van der Waals surface area contributed by atoms with E-state index < -0.39 is 11.9 Å². The molecule has 1 aromatic carbocycles. The molecule has 0 spiro atoms. The molecule has 4 N–H and O–H groups in total. The van der Waals surface area contributed by atoms with Crippen molar-refractivity contribution in [3.63, 3.8) is 0 Å². The number of nitrogen functional groups attached to an aromatic ring is 1. The predicted octanol–water partition coefficient (Wildman–Crippen LogP) is 2.23. The van der Waals surface area contributed by atoms with Gasteiger partial charge in [0.05, 0.1) is 5.69 Å². The molecular weight excluding hydrogens is 310 g/mol. The zero-order valence-corrected chi connectivity index (χ0v) is 12.7. The van der Waals surface area contributed by atoms with Crippen LogP contribution < -0.4 is 11.5 Å². The third-order valence-corrected chi connectivity index (χ3v) is 5.12. The predicted molar refractivity (Wildman–Crippen MR) is 84.5 cm³/mol. The van der Waals surface area contributed by atoms with Crippen LogP contribution in [0.25, 0.3) is 10.1 Å². The zero-order valence-electron chi connectivity index (χ0n) is 11.1. The van der Waals surface area contributed by atoms with E-state index in [1.54, 1.807) is 18.2 Å². The van der Waals surface area contributed by atoms with Gasteiger partial charge in [0.1, 0.15) is 10.9 Å². The first kappa shape index (κ1) is 14.2. The van der Waals surface area contributed by atoms with Crippen LogP contribution in [0.4, 0.5) is 5.69 Å². The van der Waals surface area contributed by atoms with Gasteiger partial charge in [-0.25, -0.2) is 0 Å². The maximum absolute atomic E-state index is 12.7. The number of halogens is 1. The molecule has 3 rings (SSSR count). The van der Waals surface area contributed by atoms with E-state index in [9.17, 15) is 9.59 Å². The number of rotatable bonds is 2. The Labute approximate surface area is 130 Å². The minimum Gasteiger partial charge on any atom is -0.397 e. The van der Waals surface area contributed by atoms with E-state index in [0.29, 0.717) is 28.6 Å². The van der Waals surface area contributed by atoms with Gasteiger partial charge in [0, 0.05) is 21.7 Å². The molecular formula is C14H14ClN3O2S. The molecule has 0 saturated carbocycles. The molecule has 0 aliphatic carbocycles. The number of carbonyl (C=O) groups excluding carboxylic acids is 2. The van der Waals surface area contributed by atoms with Crippen LogP contribution in [0.1, 0.15) is 22.5 Å². The monoisotopic (exact) mass is 323 g/mol. The Hall–Kier alpha value is -1.79. The lowest BCUT2D eigenvalue weighted by Gasteiger charge is -2.21. The number of primary amides is 1. The first-order valence-electron chi connectivity index (χ1n) is 6.57. The maximum atomic E-state index is 12.7. The van der Waals surface area contributed by atoms with Crippen LogP contribution in [0, 0.1) is 0 Å². The van der Waals surface area contributed by atoms with Gasteiger partial charge in [0.2, 0.25) is 5.91 Å². The summed E-state index contributed by atoms with van der Waals surface area (Å²) in [4.78, 5) is 26.0. The number of hydrogen-bond acceptors (Lipinski definition) is 4. The lowest BCUT2D eigenvalue weighted by molar-refractivity contribution is -0.121. The second kappa shape index (κ2) is 5.20. The average Bonchev–Trinajstić information content (AvgIpc) is 3.03. The molecule has 5 nitrogen and oxygen atoms in total. The van der Waals surface area contributed by atoms with Gasteiger partial charge in [-0.3, -0.25) is 9.59 Å². The van der Waals surface area contributed by atoms with E-state index in [0.717, 1.165) is 16.5 Å². The highest BCUT2D eigenvalue weighted by Crippen LogP contribution is 2.36. The van der Waals surface area contributed by atoms with Gasteiger partial charge in [0.15, 0.2) is 0 Å². The first-order valence-corrected chi connectivity index (χ1v) is 7.76. The summed E-state index contributed by atoms with van der Waals surface area (Å²) in [6.45, 7) is 0.529. The summed E-state index contributed by atoms with van der Waals surface area (Å²) in [5, 5.41) is 1.40. The van der Waals surface area contributed by atoms with Gasteiger partial charge in [-0.05, 0) is 31.0 Å². The summed E-state index contributed by atoms with van der Waals surface area (Å²) in [5.41, 5.74) is 11.9. The molecule has 1 saturated heterocycles. The van der Waals surface area contributed by atoms with Crippen molar-refractivity contribution in [2.45, 2.75) is 18.9 Å². The van der Waals surface area contributed by atoms with Gasteiger partial charge in [0.25, 0.3) is 5.91 Å². The van der Waals surface area contributed by atoms with Crippen molar-refractivity contribution in [1.29, 1.82) is 0 Å². The molecule has 1 atom stereocenters. The first-order chi connectivity index (χ1) is 9.99. The molecule has 1 aromatic heterocycles. The molecule has 1 fully saturated rings. The van der Waals surface area contributed by atoms with Crippen LogP contribution >= 0.6 is 22.9 Å². The summed E-state index contributed by atoms with van der Waals surface area (Å²) in [6, 6.07) is 4.79. The number of anilines is 1. The lowest BCUT2D eigenvalue weighted by atomic mass is 10.2. The van der Waals surface area contributed by atoms with Crippen molar-refractivity contribution < 1.29 is 9.59 Å². The zero-order chi connectivity index (χ0) is 15.1. The molecule has 110 valence electrons. The number of carbonyl (C=O) groups is 2. The molecule has 1 unspecified atom stereocenters. The van der Waals surface area contributed by atoms with Gasteiger partial charge in [-0.1, -0.05) is 11.6 Å². The van der Waals surface area contributed by atoms with Crippen LogP contribution in [0.2, 0.25) is 5.02 Å². The number of nitrogens with zero attached hydrogens (tertiary/aromatic N) is 1. The molecule has 2 heterocycles. The Morgan fingerprint density at radius 3 is 2.86 bits per heavy atom. The van der Waals surface area contributed by atoms with Crippen molar-refractivity contribution in [2.75, 3.05) is 12.3 Å². The van der Waals surface area contributed by atoms with Crippen molar-refractivity contribution in [3.8, 4) is 0 Å². The van der Waals surface area contributed by atoms with Crippen LogP contribution in [0.3, 0.4) is 0 Å². The molecule has 1 aliphatic heterocycles. The van der Waals surface area contributed by atoms with E-state index in [1.807, 2.05) is 0 Å². The maximum Gasteiger partial charge on any atom is 0.266 e. The standard InChI is InChI=1S/C14H14ClN3O2S/c15-7-3-4-8-10(6-7)21-12(11(8)16)14(20)18-5-1-2-9(18)13(17)19/h3-4,6,9H,1-2,5,16H2,(H2,17,19). The largest absolute Gasteiger partial charge is 0.397 e. The van der Waals surface area contributed by atoms with E-state index in [2.05, 4.69) is 0 Å². The van der Waals surface area contributed by atoms with Gasteiger partial charge < -0.3 is 16.4 Å². The molecule has 2 aromatic rings. The van der Waals surface area contributed by atoms with E-state index in [4.69, 9.17) is 23.1 Å². The molecule has 7 heteroatoms. The number of benzene rings is 1. The minimum absolute atomic E-state index is 0.230. The molecule has 2 amide bonds. The number of fused-ring (bicyclic) bond motifs is 1. The number of nitrogens with two attached hydrogens (primary N) is 2. The van der Waals surface area contributed by atoms with Crippen molar-refractivity contribution in [1.82, 2.24) is 4.90 Å². The highest BCUT2D eigenvalue weighted by atomic mass is 35.5. The number of thiophene rings is 1. The Bertz CT molecular complexity index is 743. The minimum atomic E-state index is -0.536. The summed E-state index contributed by atoms with van der Waals surface area (Å²) in [6.07, 6.45) is 1.38. The average molecular weight is 324 g/mol. The third-order valence-electron chi connectivity index (χ3n) is 3.73. The molecule has 1 aliphatic rings. The topological polar surface area (TPSA) is 89.4 Å². The molecule has 0 radical (unpaired) electrons. The summed E-state index contributed by atoms with van der Waals surface area (Å²) < 4.78 is 0.859. The molecule has 21 heavy (non-hydrogen) atoms. The van der Waals surface area contributed by atoms with Crippen LogP contribution in [-0.4, -0.2) is 29.3 Å². The smallest absolute Gasteiger partial charge is 0.266 e. The van der Waals surface area contributed by atoms with Crippen molar-refractivity contribution >= 4 is 50.5 Å². The van der Waals surface area contributed by atoms with E-state index in [1.165, 1.54) is 16.2 Å². The number of amides is 2. The Morgan fingerprint density at radius 1 is 1.38 bits per heavy atom. The van der Waals surface area contributed by atoms with Crippen molar-refractivity contribution in [2.24, 2.45) is 5.73 Å². The highest BCUT2D eigenvalue weighted by molar-refractivity contribution is 7.21. The number of likely N-dealkylation sites (tertiary alicyclic amines) is 1. The SMILES string of the molecule is NC(=O)C1CCCN1C(=O)c1sc2cc(Cl)ccc2c1N. The molecule has 0 bridgehead atoms. The van der Waals surface area contributed by atoms with Crippen LogP contribution in [-0.2, 0) is 4.79 Å². The van der Waals surface area contributed by atoms with E-state index >= 15 is 0 Å². The Kier molecular flexibility index (Phi) is 3.51. The van der Waals surface area contributed by atoms with Gasteiger partial charge in [-0.15, -0.1) is 11.3 Å². The fourth-order valence-corrected chi connectivity index (χ4v) is 4.04. The summed E-state index contributed by atoms with van der Waals surface area (Å²) in [5.74, 6) is -0.699. The van der Waals surface area contributed by atoms with Crippen LogP contribution in [0.15, 0.2) is 18.2 Å². The third kappa shape index (κ3) is 2.34. The van der Waals surface area contributed by atoms with Crippen LogP contribution in [0.5, 0.6) is 0 Å². The normalized spacial score (nSPS) is 18.3. The number of hydrogen-bond donors (Lipinski definition) is 2.